The van der Waals surface area contributed by atoms with E-state index < -0.39 is 35.9 Å². The Morgan fingerprint density at radius 3 is 2.49 bits per heavy atom. The van der Waals surface area contributed by atoms with Gasteiger partial charge in [0.25, 0.3) is 0 Å². The number of halogens is 4. The van der Waals surface area contributed by atoms with Gasteiger partial charge < -0.3 is 10.0 Å². The summed E-state index contributed by atoms with van der Waals surface area (Å²) in [5.74, 6) is -0.541. The van der Waals surface area contributed by atoms with Crippen molar-refractivity contribution in [3.8, 4) is 6.07 Å². The second-order valence-electron chi connectivity index (χ2n) is 8.97. The molecule has 190 valence electrons. The van der Waals surface area contributed by atoms with Crippen LogP contribution in [0.3, 0.4) is 0 Å². The zero-order valence-electron chi connectivity index (χ0n) is 19.5. The van der Waals surface area contributed by atoms with Gasteiger partial charge in [0.05, 0.1) is 47.0 Å². The summed E-state index contributed by atoms with van der Waals surface area (Å²) in [5.41, 5.74) is 0.168. The largest absolute Gasteiger partial charge is 0.416 e. The quantitative estimate of drug-likeness (QED) is 0.391. The molecule has 1 atom stereocenters. The van der Waals surface area contributed by atoms with Crippen LogP contribution in [0.2, 0.25) is 0 Å². The number of imidazole rings is 1. The molecule has 1 saturated heterocycles. The van der Waals surface area contributed by atoms with E-state index in [9.17, 15) is 32.7 Å². The van der Waals surface area contributed by atoms with Gasteiger partial charge in [-0.3, -0.25) is 9.13 Å². The molecule has 2 heterocycles. The average molecular weight is 510 g/mol. The van der Waals surface area contributed by atoms with Gasteiger partial charge in [0.15, 0.2) is 0 Å². The van der Waals surface area contributed by atoms with Gasteiger partial charge in [-0.05, 0) is 36.2 Å². The lowest BCUT2D eigenvalue weighted by Crippen LogP contribution is -2.30. The zero-order valence-corrected chi connectivity index (χ0v) is 19.5. The molecule has 0 spiro atoms. The van der Waals surface area contributed by atoms with Crippen LogP contribution in [0.15, 0.2) is 65.5 Å². The second kappa shape index (κ2) is 9.41. The highest BCUT2D eigenvalue weighted by atomic mass is 19.4. The van der Waals surface area contributed by atoms with E-state index in [-0.39, 0.29) is 29.9 Å². The van der Waals surface area contributed by atoms with Crippen molar-refractivity contribution in [2.45, 2.75) is 31.8 Å². The van der Waals surface area contributed by atoms with E-state index in [2.05, 4.69) is 0 Å². The Balaban J connectivity index is 1.61. The van der Waals surface area contributed by atoms with Gasteiger partial charge in [0.2, 0.25) is 0 Å². The maximum Gasteiger partial charge on any atom is 0.416 e. The van der Waals surface area contributed by atoms with Crippen LogP contribution >= 0.6 is 0 Å². The molecule has 0 radical (unpaired) electrons. The second-order valence-corrected chi connectivity index (χ2v) is 8.97. The number of fused-ring (bicyclic) bond motifs is 1. The molecule has 1 N–H and O–H groups in total. The fourth-order valence-corrected chi connectivity index (χ4v) is 5.23. The summed E-state index contributed by atoms with van der Waals surface area (Å²) in [7, 11) is 0. The zero-order chi connectivity index (χ0) is 26.3. The summed E-state index contributed by atoms with van der Waals surface area (Å²) in [6, 6.07) is 15.9. The van der Waals surface area contributed by atoms with Crippen LogP contribution in [-0.2, 0) is 19.3 Å². The number of nitrogens with zero attached hydrogens (tertiary/aromatic N) is 4. The lowest BCUT2D eigenvalue weighted by Gasteiger charge is -2.21. The van der Waals surface area contributed by atoms with Crippen molar-refractivity contribution in [1.29, 1.82) is 5.26 Å². The SMILES string of the molecule is N#Cc1cccc(F)c1N1CCC(n2c(=O)n(Cc3ccccc3C(F)(F)F)c3c(CO)cccc32)C1. The number of hydrogen-bond acceptors (Lipinski definition) is 4. The highest BCUT2D eigenvalue weighted by Crippen LogP contribution is 2.35. The number of benzene rings is 3. The van der Waals surface area contributed by atoms with Crippen LogP contribution in [0.25, 0.3) is 11.0 Å². The van der Waals surface area contributed by atoms with Gasteiger partial charge in [-0.1, -0.05) is 36.4 Å². The summed E-state index contributed by atoms with van der Waals surface area (Å²) in [5, 5.41) is 19.4. The topological polar surface area (TPSA) is 74.2 Å². The fraction of sp³-hybridized carbons (Fsp3) is 0.259. The first-order valence-electron chi connectivity index (χ1n) is 11.7. The van der Waals surface area contributed by atoms with Gasteiger partial charge in [-0.15, -0.1) is 0 Å². The Labute approximate surface area is 209 Å². The van der Waals surface area contributed by atoms with Crippen molar-refractivity contribution in [2.24, 2.45) is 0 Å². The van der Waals surface area contributed by atoms with E-state index >= 15 is 0 Å². The number of aliphatic hydroxyl groups excluding tert-OH is 1. The van der Waals surface area contributed by atoms with E-state index in [0.29, 0.717) is 29.6 Å². The maximum absolute atomic E-state index is 14.6. The van der Waals surface area contributed by atoms with Gasteiger partial charge in [0, 0.05) is 18.7 Å². The Bertz CT molecular complexity index is 1580. The Morgan fingerprint density at radius 1 is 1.03 bits per heavy atom. The molecule has 3 aromatic carbocycles. The number of hydrogen-bond donors (Lipinski definition) is 1. The first-order valence-corrected chi connectivity index (χ1v) is 11.7. The van der Waals surface area contributed by atoms with Crippen LogP contribution in [0.5, 0.6) is 0 Å². The highest BCUT2D eigenvalue weighted by Gasteiger charge is 2.34. The van der Waals surface area contributed by atoms with Gasteiger partial charge in [0.1, 0.15) is 11.9 Å². The average Bonchev–Trinajstić information content (AvgIpc) is 3.45. The predicted molar refractivity (Wildman–Crippen MR) is 130 cm³/mol. The van der Waals surface area contributed by atoms with Crippen molar-refractivity contribution in [3.05, 3.63) is 99.2 Å². The normalized spacial score (nSPS) is 15.9. The minimum Gasteiger partial charge on any atom is -0.392 e. The molecule has 5 rings (SSSR count). The maximum atomic E-state index is 14.6. The van der Waals surface area contributed by atoms with Crippen molar-refractivity contribution < 1.29 is 22.7 Å². The number of para-hydroxylation sites is 2. The molecule has 6 nitrogen and oxygen atoms in total. The predicted octanol–water partition coefficient (Wildman–Crippen LogP) is 4.82. The molecule has 1 aliphatic heterocycles. The number of rotatable bonds is 5. The van der Waals surface area contributed by atoms with Crippen LogP contribution in [0, 0.1) is 17.1 Å². The minimum atomic E-state index is -4.59. The smallest absolute Gasteiger partial charge is 0.392 e. The van der Waals surface area contributed by atoms with E-state index in [1.54, 1.807) is 23.1 Å². The van der Waals surface area contributed by atoms with Crippen LogP contribution in [-0.4, -0.2) is 27.3 Å². The number of alkyl halides is 3. The third-order valence-electron chi connectivity index (χ3n) is 6.84. The molecule has 1 aliphatic rings. The van der Waals surface area contributed by atoms with E-state index in [1.165, 1.54) is 45.5 Å². The fourth-order valence-electron chi connectivity index (χ4n) is 5.23. The molecule has 1 fully saturated rings. The third kappa shape index (κ3) is 4.25. The minimum absolute atomic E-state index is 0.0676. The number of aliphatic hydroxyl groups is 1. The Morgan fingerprint density at radius 2 is 1.76 bits per heavy atom. The van der Waals surface area contributed by atoms with Gasteiger partial charge in [-0.25, -0.2) is 9.18 Å². The van der Waals surface area contributed by atoms with Crippen molar-refractivity contribution in [1.82, 2.24) is 9.13 Å². The molecular formula is C27H22F4N4O2. The standard InChI is InChI=1S/C27H22F4N4O2/c28-22-9-3-6-17(13-32)24(22)33-12-11-20(15-33)35-23-10-4-7-19(16-36)25(23)34(26(35)37)14-18-5-1-2-8-21(18)27(29,30)31/h1-10,20,36H,11-12,14-16H2. The van der Waals surface area contributed by atoms with E-state index in [1.807, 2.05) is 6.07 Å². The van der Waals surface area contributed by atoms with Crippen LogP contribution in [0.4, 0.5) is 23.2 Å². The van der Waals surface area contributed by atoms with Gasteiger partial charge >= 0.3 is 11.9 Å². The first kappa shape index (κ1) is 24.6. The number of anilines is 1. The molecule has 1 aromatic heterocycles. The summed E-state index contributed by atoms with van der Waals surface area (Å²) in [4.78, 5) is 15.5. The molecule has 1 unspecified atom stereocenters. The number of nitriles is 1. The summed E-state index contributed by atoms with van der Waals surface area (Å²) in [6.07, 6.45) is -4.14. The molecule has 0 amide bonds. The molecular weight excluding hydrogens is 488 g/mol. The van der Waals surface area contributed by atoms with Crippen molar-refractivity contribution in [2.75, 3.05) is 18.0 Å². The molecule has 0 bridgehead atoms. The summed E-state index contributed by atoms with van der Waals surface area (Å²) in [6.45, 7) is -0.121. The van der Waals surface area contributed by atoms with Crippen LogP contribution < -0.4 is 10.6 Å². The third-order valence-corrected chi connectivity index (χ3v) is 6.84. The molecule has 4 aromatic rings. The Kier molecular flexibility index (Phi) is 6.25. The lowest BCUT2D eigenvalue weighted by atomic mass is 10.1. The van der Waals surface area contributed by atoms with Crippen LogP contribution in [0.1, 0.15) is 34.7 Å². The summed E-state index contributed by atoms with van der Waals surface area (Å²) >= 11 is 0. The summed E-state index contributed by atoms with van der Waals surface area (Å²) < 4.78 is 58.4. The lowest BCUT2D eigenvalue weighted by molar-refractivity contribution is -0.138. The monoisotopic (exact) mass is 510 g/mol. The van der Waals surface area contributed by atoms with E-state index in [0.717, 1.165) is 6.07 Å². The van der Waals surface area contributed by atoms with Crippen molar-refractivity contribution in [3.63, 3.8) is 0 Å². The molecule has 37 heavy (non-hydrogen) atoms. The molecule has 10 heteroatoms. The first-order chi connectivity index (χ1) is 17.7. The van der Waals surface area contributed by atoms with Crippen molar-refractivity contribution >= 4 is 16.7 Å². The Hall–Kier alpha value is -4.10. The highest BCUT2D eigenvalue weighted by molar-refractivity contribution is 5.80. The van der Waals surface area contributed by atoms with Gasteiger partial charge in [-0.2, -0.15) is 18.4 Å². The number of aromatic nitrogens is 2. The molecule has 0 aliphatic carbocycles. The van der Waals surface area contributed by atoms with E-state index in [4.69, 9.17) is 0 Å². The molecule has 0 saturated carbocycles.